The molecule has 1 aliphatic carbocycles. The monoisotopic (exact) mass is 83.1 g/mol. The Hall–Kier alpha value is -0.0400. The third kappa shape index (κ3) is 0.207. The fraction of sp³-hybridized carbons (Fsp3) is 1.00. The number of hydrogen-bond donors (Lipinski definition) is 1. The summed E-state index contributed by atoms with van der Waals surface area (Å²) >= 11 is 0. The van der Waals surface area contributed by atoms with Gasteiger partial charge in [0.15, 0.2) is 0 Å². The predicted molar refractivity (Wildman–Crippen MR) is 24.6 cm³/mol. The van der Waals surface area contributed by atoms with E-state index >= 15 is 0 Å². The van der Waals surface area contributed by atoms with E-state index in [4.69, 9.17) is 0 Å². The first kappa shape index (κ1) is 3.03. The molecule has 0 radical (unpaired) electrons. The summed E-state index contributed by atoms with van der Waals surface area (Å²) in [5.41, 5.74) is 0. The van der Waals surface area contributed by atoms with Gasteiger partial charge in [0, 0.05) is 12.1 Å². The van der Waals surface area contributed by atoms with Crippen LogP contribution >= 0.6 is 0 Å². The van der Waals surface area contributed by atoms with Crippen LogP contribution in [0.5, 0.6) is 0 Å². The highest BCUT2D eigenvalue weighted by Crippen LogP contribution is 2.28. The number of nitrogens with one attached hydrogen (secondary N) is 1. The van der Waals surface area contributed by atoms with Crippen molar-refractivity contribution in [1.82, 2.24) is 5.32 Å². The molecule has 0 aromatic heterocycles. The van der Waals surface area contributed by atoms with Crippen LogP contribution in [0.15, 0.2) is 0 Å². The quantitative estimate of drug-likeness (QED) is 0.450. The van der Waals surface area contributed by atoms with Gasteiger partial charge in [-0.2, -0.15) is 0 Å². The van der Waals surface area contributed by atoms with Gasteiger partial charge in [-0.05, 0) is 19.3 Å². The smallest absolute Gasteiger partial charge is 0.00850 e. The van der Waals surface area contributed by atoms with Crippen molar-refractivity contribution in [3.8, 4) is 0 Å². The largest absolute Gasteiger partial charge is 0.311 e. The fourth-order valence-electron chi connectivity index (χ4n) is 1.46. The second kappa shape index (κ2) is 0.784. The Morgan fingerprint density at radius 2 is 1.67 bits per heavy atom. The lowest BCUT2D eigenvalue weighted by Gasteiger charge is -2.24. The van der Waals surface area contributed by atoms with E-state index in [1.165, 1.54) is 19.3 Å². The van der Waals surface area contributed by atoms with E-state index in [9.17, 15) is 0 Å². The summed E-state index contributed by atoms with van der Waals surface area (Å²) in [5, 5.41) is 3.42. The van der Waals surface area contributed by atoms with Crippen LogP contribution in [-0.2, 0) is 0 Å². The van der Waals surface area contributed by atoms with Crippen molar-refractivity contribution in [3.63, 3.8) is 0 Å². The Bertz CT molecular complexity index is 50.8. The van der Waals surface area contributed by atoms with Crippen LogP contribution in [0.3, 0.4) is 0 Å². The van der Waals surface area contributed by atoms with Crippen LogP contribution in [0, 0.1) is 0 Å². The standard InChI is InChI=1S/C5H9N/c1-2-5-3-4(1)6-5/h4-6H,1-3H2/t4-,5-/m0/s1. The minimum absolute atomic E-state index is 0.940. The third-order valence-corrected chi connectivity index (χ3v) is 1.90. The van der Waals surface area contributed by atoms with Crippen LogP contribution < -0.4 is 5.32 Å². The highest BCUT2D eigenvalue weighted by molar-refractivity contribution is 4.96. The molecule has 2 bridgehead atoms. The van der Waals surface area contributed by atoms with Gasteiger partial charge in [0.25, 0.3) is 0 Å². The molecule has 2 aliphatic heterocycles. The molecule has 0 aromatic carbocycles. The third-order valence-electron chi connectivity index (χ3n) is 1.90. The van der Waals surface area contributed by atoms with Crippen molar-refractivity contribution >= 4 is 0 Å². The zero-order chi connectivity index (χ0) is 3.98. The summed E-state index contributed by atoms with van der Waals surface area (Å²) in [5.74, 6) is 0. The average Bonchev–Trinajstić information content (AvgIpc) is 1.72. The second-order valence-electron chi connectivity index (χ2n) is 2.37. The molecule has 0 spiro atoms. The Labute approximate surface area is 37.7 Å². The first-order valence-corrected chi connectivity index (χ1v) is 2.71. The minimum atomic E-state index is 0.940. The molecule has 1 saturated carbocycles. The maximum Gasteiger partial charge on any atom is 0.00850 e. The van der Waals surface area contributed by atoms with E-state index in [1.54, 1.807) is 0 Å². The summed E-state index contributed by atoms with van der Waals surface area (Å²) in [4.78, 5) is 0. The highest BCUT2D eigenvalue weighted by atomic mass is 15.1. The molecule has 3 rings (SSSR count). The highest BCUT2D eigenvalue weighted by Gasteiger charge is 2.34. The Morgan fingerprint density at radius 3 is 1.83 bits per heavy atom. The topological polar surface area (TPSA) is 12.0 Å². The molecule has 2 heterocycles. The Kier molecular flexibility index (Phi) is 0.396. The first-order valence-electron chi connectivity index (χ1n) is 2.71. The zero-order valence-corrected chi connectivity index (χ0v) is 3.78. The molecule has 3 aliphatic rings. The minimum Gasteiger partial charge on any atom is -0.311 e. The van der Waals surface area contributed by atoms with E-state index in [0.29, 0.717) is 0 Å². The van der Waals surface area contributed by atoms with E-state index in [-0.39, 0.29) is 0 Å². The van der Waals surface area contributed by atoms with Crippen molar-refractivity contribution in [2.24, 2.45) is 0 Å². The average molecular weight is 83.1 g/mol. The molecule has 0 aromatic rings. The van der Waals surface area contributed by atoms with Crippen LogP contribution in [0.25, 0.3) is 0 Å². The summed E-state index contributed by atoms with van der Waals surface area (Å²) in [6.07, 6.45) is 4.37. The first-order chi connectivity index (χ1) is 2.95. The van der Waals surface area contributed by atoms with Gasteiger partial charge >= 0.3 is 0 Å². The molecular weight excluding hydrogens is 74.1 g/mol. The van der Waals surface area contributed by atoms with E-state index in [0.717, 1.165) is 12.1 Å². The fourth-order valence-corrected chi connectivity index (χ4v) is 1.46. The predicted octanol–water partition coefficient (Wildman–Crippen LogP) is 0.511. The molecule has 34 valence electrons. The van der Waals surface area contributed by atoms with Crippen LogP contribution in [0.4, 0.5) is 0 Å². The lowest BCUT2D eigenvalue weighted by Crippen LogP contribution is -2.43. The summed E-state index contributed by atoms with van der Waals surface area (Å²) in [6, 6.07) is 1.88. The van der Waals surface area contributed by atoms with Gasteiger partial charge in [0.2, 0.25) is 0 Å². The summed E-state index contributed by atoms with van der Waals surface area (Å²) in [6.45, 7) is 0. The van der Waals surface area contributed by atoms with Crippen LogP contribution in [0.1, 0.15) is 19.3 Å². The maximum absolute atomic E-state index is 3.42. The van der Waals surface area contributed by atoms with Crippen molar-refractivity contribution in [2.45, 2.75) is 31.3 Å². The summed E-state index contributed by atoms with van der Waals surface area (Å²) in [7, 11) is 0. The lowest BCUT2D eigenvalue weighted by molar-refractivity contribution is 0.369. The van der Waals surface area contributed by atoms with Crippen molar-refractivity contribution in [3.05, 3.63) is 0 Å². The zero-order valence-electron chi connectivity index (χ0n) is 3.78. The molecule has 1 nitrogen and oxygen atoms in total. The molecule has 6 heavy (non-hydrogen) atoms. The SMILES string of the molecule is C1C[C@H]2C[C@H]1N2. The second-order valence-corrected chi connectivity index (χ2v) is 2.37. The number of fused-ring (bicyclic) bond motifs is 1. The maximum atomic E-state index is 3.42. The molecule has 2 atom stereocenters. The number of rotatable bonds is 0. The van der Waals surface area contributed by atoms with Gasteiger partial charge in [0.1, 0.15) is 0 Å². The van der Waals surface area contributed by atoms with E-state index < -0.39 is 0 Å². The van der Waals surface area contributed by atoms with E-state index in [2.05, 4.69) is 5.32 Å². The van der Waals surface area contributed by atoms with Crippen LogP contribution in [-0.4, -0.2) is 12.1 Å². The lowest BCUT2D eigenvalue weighted by atomic mass is 10.1. The molecule has 2 saturated heterocycles. The molecule has 0 unspecified atom stereocenters. The van der Waals surface area contributed by atoms with Crippen molar-refractivity contribution in [2.75, 3.05) is 0 Å². The van der Waals surface area contributed by atoms with Gasteiger partial charge in [-0.15, -0.1) is 0 Å². The van der Waals surface area contributed by atoms with Gasteiger partial charge in [-0.3, -0.25) is 0 Å². The molecule has 1 heteroatoms. The van der Waals surface area contributed by atoms with Crippen molar-refractivity contribution in [1.29, 1.82) is 0 Å². The van der Waals surface area contributed by atoms with Crippen molar-refractivity contribution < 1.29 is 0 Å². The summed E-state index contributed by atoms with van der Waals surface area (Å²) < 4.78 is 0. The van der Waals surface area contributed by atoms with Gasteiger partial charge in [-0.1, -0.05) is 0 Å². The van der Waals surface area contributed by atoms with E-state index in [1.807, 2.05) is 0 Å². The number of hydrogen-bond acceptors (Lipinski definition) is 1. The Morgan fingerprint density at radius 1 is 1.17 bits per heavy atom. The molecule has 0 amide bonds. The van der Waals surface area contributed by atoms with Gasteiger partial charge in [-0.25, -0.2) is 0 Å². The van der Waals surface area contributed by atoms with Crippen LogP contribution in [0.2, 0.25) is 0 Å². The van der Waals surface area contributed by atoms with Gasteiger partial charge < -0.3 is 5.32 Å². The van der Waals surface area contributed by atoms with Gasteiger partial charge in [0.05, 0.1) is 0 Å². The molecule has 3 fully saturated rings. The Balaban J connectivity index is 2.16. The molecule has 1 N–H and O–H groups in total. The normalized spacial score (nSPS) is 52.0. The molecular formula is C5H9N.